The summed E-state index contributed by atoms with van der Waals surface area (Å²) < 4.78 is 8.18. The number of hydrogen-bond acceptors (Lipinski definition) is 5. The Morgan fingerprint density at radius 1 is 1.53 bits per heavy atom. The largest absolute Gasteiger partial charge is 0.375 e. The maximum atomic E-state index is 6.13. The fraction of sp³-hybridized carbons (Fsp3) is 0.846. The zero-order valence-electron chi connectivity index (χ0n) is 11.5. The topological polar surface area (TPSA) is 52.0 Å². The van der Waals surface area contributed by atoms with Crippen LogP contribution in [0.5, 0.6) is 0 Å². The molecule has 2 aliphatic rings. The quantitative estimate of drug-likeness (QED) is 0.913. The van der Waals surface area contributed by atoms with E-state index in [-0.39, 0.29) is 5.60 Å². The van der Waals surface area contributed by atoms with Crippen molar-refractivity contribution in [3.63, 3.8) is 0 Å². The lowest BCUT2D eigenvalue weighted by molar-refractivity contribution is -0.100. The van der Waals surface area contributed by atoms with Gasteiger partial charge in [-0.15, -0.1) is 0 Å². The van der Waals surface area contributed by atoms with E-state index >= 15 is 0 Å². The first kappa shape index (κ1) is 13.4. The van der Waals surface area contributed by atoms with Gasteiger partial charge in [0.05, 0.1) is 18.2 Å². The maximum absolute atomic E-state index is 6.13. The van der Waals surface area contributed by atoms with Gasteiger partial charge in [-0.25, -0.2) is 9.67 Å². The summed E-state index contributed by atoms with van der Waals surface area (Å²) in [5.41, 5.74) is 0.114. The predicted octanol–water partition coefficient (Wildman–Crippen LogP) is 1.61. The highest BCUT2D eigenvalue weighted by Gasteiger charge is 2.39. The van der Waals surface area contributed by atoms with E-state index in [0.717, 1.165) is 31.8 Å². The molecular weight excluding hydrogens is 260 g/mol. The molecule has 6 heteroatoms. The number of nitrogens with one attached hydrogen (secondary N) is 1. The molecule has 2 saturated heterocycles. The fourth-order valence-corrected chi connectivity index (χ4v) is 4.28. The molecule has 1 unspecified atom stereocenters. The Labute approximate surface area is 118 Å². The molecule has 3 heterocycles. The molecule has 0 saturated carbocycles. The molecule has 1 spiro atoms. The van der Waals surface area contributed by atoms with Crippen LogP contribution in [0.15, 0.2) is 6.33 Å². The lowest BCUT2D eigenvalue weighted by Crippen LogP contribution is -2.43. The second-order valence-electron chi connectivity index (χ2n) is 5.46. The summed E-state index contributed by atoms with van der Waals surface area (Å²) in [6.45, 7) is 1.59. The van der Waals surface area contributed by atoms with Gasteiger partial charge in [0.1, 0.15) is 6.33 Å². The minimum absolute atomic E-state index is 0.114. The molecule has 2 fully saturated rings. The SMILES string of the molecule is CNCc1ncn(C2CCOC3(CCSCC3)C2)n1. The molecule has 0 aromatic carbocycles. The molecule has 1 aromatic rings. The molecule has 3 rings (SSSR count). The Bertz CT molecular complexity index is 411. The Kier molecular flexibility index (Phi) is 4.10. The van der Waals surface area contributed by atoms with Crippen molar-refractivity contribution in [3.8, 4) is 0 Å². The van der Waals surface area contributed by atoms with Crippen LogP contribution in [-0.4, -0.2) is 45.5 Å². The van der Waals surface area contributed by atoms with E-state index in [9.17, 15) is 0 Å². The third-order valence-corrected chi connectivity index (χ3v) is 5.12. The molecule has 0 aliphatic carbocycles. The summed E-state index contributed by atoms with van der Waals surface area (Å²) >= 11 is 2.05. The second-order valence-corrected chi connectivity index (χ2v) is 6.69. The molecule has 19 heavy (non-hydrogen) atoms. The van der Waals surface area contributed by atoms with Crippen molar-refractivity contribution in [1.29, 1.82) is 0 Å². The predicted molar refractivity (Wildman–Crippen MR) is 76.3 cm³/mol. The van der Waals surface area contributed by atoms with Gasteiger partial charge in [0.15, 0.2) is 5.82 Å². The monoisotopic (exact) mass is 282 g/mol. The van der Waals surface area contributed by atoms with Gasteiger partial charge < -0.3 is 10.1 Å². The number of nitrogens with zero attached hydrogens (tertiary/aromatic N) is 3. The van der Waals surface area contributed by atoms with Crippen LogP contribution >= 0.6 is 11.8 Å². The van der Waals surface area contributed by atoms with Gasteiger partial charge in [-0.2, -0.15) is 16.9 Å². The highest BCUT2D eigenvalue weighted by Crippen LogP contribution is 2.41. The highest BCUT2D eigenvalue weighted by atomic mass is 32.2. The van der Waals surface area contributed by atoms with Crippen LogP contribution < -0.4 is 5.32 Å². The van der Waals surface area contributed by atoms with E-state index in [2.05, 4.69) is 20.1 Å². The van der Waals surface area contributed by atoms with E-state index in [1.54, 1.807) is 0 Å². The van der Waals surface area contributed by atoms with Gasteiger partial charge in [0.25, 0.3) is 0 Å². The summed E-state index contributed by atoms with van der Waals surface area (Å²) in [5, 5.41) is 7.68. The summed E-state index contributed by atoms with van der Waals surface area (Å²) in [6.07, 6.45) is 6.40. The van der Waals surface area contributed by atoms with Crippen molar-refractivity contribution in [2.24, 2.45) is 0 Å². The van der Waals surface area contributed by atoms with Gasteiger partial charge >= 0.3 is 0 Å². The molecule has 1 N–H and O–H groups in total. The van der Waals surface area contributed by atoms with Gasteiger partial charge in [-0.1, -0.05) is 0 Å². The fourth-order valence-electron chi connectivity index (χ4n) is 3.05. The van der Waals surface area contributed by atoms with E-state index in [4.69, 9.17) is 4.74 Å². The smallest absolute Gasteiger partial charge is 0.164 e. The number of ether oxygens (including phenoxy) is 1. The highest BCUT2D eigenvalue weighted by molar-refractivity contribution is 7.99. The zero-order chi connectivity index (χ0) is 13.1. The molecule has 2 aliphatic heterocycles. The molecule has 106 valence electrons. The average molecular weight is 282 g/mol. The van der Waals surface area contributed by atoms with Crippen LogP contribution in [0.4, 0.5) is 0 Å². The molecule has 0 radical (unpaired) electrons. The van der Waals surface area contributed by atoms with Crippen molar-refractivity contribution in [3.05, 3.63) is 12.2 Å². The summed E-state index contributed by atoms with van der Waals surface area (Å²) in [6, 6.07) is 0.454. The second kappa shape index (κ2) is 5.81. The zero-order valence-corrected chi connectivity index (χ0v) is 12.3. The van der Waals surface area contributed by atoms with Crippen LogP contribution in [0, 0.1) is 0 Å². The van der Waals surface area contributed by atoms with Crippen LogP contribution in [0.2, 0.25) is 0 Å². The molecule has 1 aromatic heterocycles. The lowest BCUT2D eigenvalue weighted by atomic mass is 9.85. The summed E-state index contributed by atoms with van der Waals surface area (Å²) in [4.78, 5) is 4.36. The van der Waals surface area contributed by atoms with Crippen molar-refractivity contribution >= 4 is 11.8 Å². The van der Waals surface area contributed by atoms with Crippen LogP contribution in [0.25, 0.3) is 0 Å². The minimum atomic E-state index is 0.114. The molecular formula is C13H22N4OS. The van der Waals surface area contributed by atoms with Crippen molar-refractivity contribution in [2.75, 3.05) is 25.2 Å². The standard InChI is InChI=1S/C13H22N4OS/c1-14-9-12-15-10-17(16-12)11-2-5-18-13(8-11)3-6-19-7-4-13/h10-11,14H,2-9H2,1H3. The number of thioether (sulfide) groups is 1. The first-order chi connectivity index (χ1) is 9.31. The van der Waals surface area contributed by atoms with Gasteiger partial charge in [-0.3, -0.25) is 0 Å². The third-order valence-electron chi connectivity index (χ3n) is 4.14. The molecule has 1 atom stereocenters. The van der Waals surface area contributed by atoms with Gasteiger partial charge in [-0.05, 0) is 44.2 Å². The normalized spacial score (nSPS) is 26.7. The first-order valence-corrected chi connectivity index (χ1v) is 8.23. The number of hydrogen-bond donors (Lipinski definition) is 1. The van der Waals surface area contributed by atoms with Crippen LogP contribution in [-0.2, 0) is 11.3 Å². The number of rotatable bonds is 3. The average Bonchev–Trinajstić information content (AvgIpc) is 2.89. The van der Waals surface area contributed by atoms with Crippen molar-refractivity contribution < 1.29 is 4.74 Å². The molecule has 5 nitrogen and oxygen atoms in total. The Balaban J connectivity index is 1.69. The van der Waals surface area contributed by atoms with Crippen LogP contribution in [0.3, 0.4) is 0 Å². The van der Waals surface area contributed by atoms with E-state index in [1.807, 2.05) is 25.1 Å². The van der Waals surface area contributed by atoms with Crippen molar-refractivity contribution in [2.45, 2.75) is 43.9 Å². The van der Waals surface area contributed by atoms with Gasteiger partial charge in [0.2, 0.25) is 0 Å². The Morgan fingerprint density at radius 3 is 3.16 bits per heavy atom. The van der Waals surface area contributed by atoms with Crippen molar-refractivity contribution in [1.82, 2.24) is 20.1 Å². The summed E-state index contributed by atoms with van der Waals surface area (Å²) in [5.74, 6) is 3.34. The minimum Gasteiger partial charge on any atom is -0.375 e. The van der Waals surface area contributed by atoms with Gasteiger partial charge in [0, 0.05) is 6.61 Å². The summed E-state index contributed by atoms with van der Waals surface area (Å²) in [7, 11) is 1.92. The lowest BCUT2D eigenvalue weighted by Gasteiger charge is -2.43. The van der Waals surface area contributed by atoms with E-state index in [0.29, 0.717) is 6.04 Å². The van der Waals surface area contributed by atoms with Crippen LogP contribution in [0.1, 0.15) is 37.5 Å². The first-order valence-electron chi connectivity index (χ1n) is 7.08. The Morgan fingerprint density at radius 2 is 2.37 bits per heavy atom. The molecule has 0 bridgehead atoms. The van der Waals surface area contributed by atoms with E-state index in [1.165, 1.54) is 24.3 Å². The maximum Gasteiger partial charge on any atom is 0.164 e. The Hall–Kier alpha value is -0.590. The number of aromatic nitrogens is 3. The molecule has 0 amide bonds. The third kappa shape index (κ3) is 2.95. The van der Waals surface area contributed by atoms with E-state index < -0.39 is 0 Å².